The Kier molecular flexibility index (Phi) is 20.7. The van der Waals surface area contributed by atoms with E-state index in [1.54, 1.807) is 24.3 Å². The van der Waals surface area contributed by atoms with Crippen LogP contribution >= 0.6 is 11.6 Å². The summed E-state index contributed by atoms with van der Waals surface area (Å²) in [5.41, 5.74) is 2.80. The van der Waals surface area contributed by atoms with Crippen molar-refractivity contribution < 1.29 is 34.6 Å². The number of aliphatic hydroxyl groups is 4. The Balaban J connectivity index is 0.000000883. The highest BCUT2D eigenvalue weighted by Gasteiger charge is 2.29. The number of aliphatic hydroxyl groups excluding tert-OH is 4. The Bertz CT molecular complexity index is 865. The van der Waals surface area contributed by atoms with Gasteiger partial charge in [0.25, 0.3) is 0 Å². The maximum absolute atomic E-state index is 12.1. The van der Waals surface area contributed by atoms with Gasteiger partial charge in [0.1, 0.15) is 0 Å². The number of rotatable bonds is 6. The Morgan fingerprint density at radius 1 is 1.11 bits per heavy atom. The van der Waals surface area contributed by atoms with Crippen molar-refractivity contribution in [1.29, 1.82) is 0 Å². The van der Waals surface area contributed by atoms with Gasteiger partial charge in [-0.2, -0.15) is 0 Å². The SMILES string of the molecule is C=C[C@@H]1CCCN1.CC.CO.CO.OC[C@@H]1C[C@H](O)C[C@H](c2ccc(Cl)c(Cc3ccc(OF)cc3)c2)O1. The van der Waals surface area contributed by atoms with Gasteiger partial charge >= 0.3 is 0 Å². The van der Waals surface area contributed by atoms with Gasteiger partial charge in [-0.1, -0.05) is 55.8 Å². The summed E-state index contributed by atoms with van der Waals surface area (Å²) in [6.07, 6.45) is 4.95. The van der Waals surface area contributed by atoms with E-state index in [2.05, 4.69) is 16.8 Å². The van der Waals surface area contributed by atoms with Gasteiger partial charge in [-0.05, 0) is 60.7 Å². The van der Waals surface area contributed by atoms with Gasteiger partial charge < -0.3 is 30.5 Å². The van der Waals surface area contributed by atoms with Gasteiger partial charge in [0.05, 0.1) is 24.9 Å². The molecule has 0 aromatic heterocycles. The fourth-order valence-corrected chi connectivity index (χ4v) is 4.23. The molecule has 216 valence electrons. The minimum absolute atomic E-state index is 0.114. The molecule has 0 amide bonds. The Hall–Kier alpha value is -2.04. The second kappa shape index (κ2) is 21.8. The predicted molar refractivity (Wildman–Crippen MR) is 151 cm³/mol. The molecule has 0 unspecified atom stereocenters. The Morgan fingerprint density at radius 3 is 2.26 bits per heavy atom. The van der Waals surface area contributed by atoms with Crippen molar-refractivity contribution in [2.24, 2.45) is 0 Å². The largest absolute Gasteiger partial charge is 0.400 e. The van der Waals surface area contributed by atoms with E-state index in [1.165, 1.54) is 19.4 Å². The van der Waals surface area contributed by atoms with Crippen LogP contribution in [0.5, 0.6) is 5.75 Å². The van der Waals surface area contributed by atoms with Gasteiger partial charge in [0.15, 0.2) is 5.75 Å². The van der Waals surface area contributed by atoms with Crippen molar-refractivity contribution in [3.63, 3.8) is 0 Å². The average Bonchev–Trinajstić information content (AvgIpc) is 3.52. The van der Waals surface area contributed by atoms with Gasteiger partial charge in [0, 0.05) is 42.7 Å². The molecule has 2 aromatic rings. The van der Waals surface area contributed by atoms with E-state index < -0.39 is 6.10 Å². The summed E-state index contributed by atoms with van der Waals surface area (Å²) in [6.45, 7) is 8.74. The first-order valence-corrected chi connectivity index (χ1v) is 13.3. The van der Waals surface area contributed by atoms with Crippen molar-refractivity contribution in [3.8, 4) is 5.75 Å². The van der Waals surface area contributed by atoms with E-state index >= 15 is 0 Å². The lowest BCUT2D eigenvalue weighted by atomic mass is 9.94. The minimum Gasteiger partial charge on any atom is -0.400 e. The van der Waals surface area contributed by atoms with Crippen LogP contribution in [0.25, 0.3) is 0 Å². The van der Waals surface area contributed by atoms with Crippen LogP contribution < -0.4 is 10.3 Å². The number of benzene rings is 2. The summed E-state index contributed by atoms with van der Waals surface area (Å²) in [4.78, 5) is 3.69. The molecule has 2 fully saturated rings. The first-order chi connectivity index (χ1) is 18.5. The van der Waals surface area contributed by atoms with Gasteiger partial charge in [-0.25, -0.2) is 0 Å². The standard InChI is InChI=1S/C19H20ClFO4.C6H11N.C2H6.2CH4O/c20-18-6-3-13(19-10-15(23)9-17(11-22)24-19)8-14(18)7-12-1-4-16(25-21)5-2-12;1-2-6-4-3-5-7-6;3*1-2/h1-6,8,15,17,19,22-23H,7,9-11H2;2,6-7H,1,3-5H2;1-2H3;2*2H,1H3/t15-,17-,19+;6-;;;/m01.../s1. The molecular weight excluding hydrogens is 513 g/mol. The first-order valence-electron chi connectivity index (χ1n) is 12.9. The van der Waals surface area contributed by atoms with Crippen LogP contribution in [0, 0.1) is 0 Å². The second-order valence-electron chi connectivity index (χ2n) is 8.24. The molecule has 0 spiro atoms. The lowest BCUT2D eigenvalue weighted by Gasteiger charge is -2.32. The zero-order valence-corrected chi connectivity index (χ0v) is 23.7. The topological polar surface area (TPSA) is 111 Å². The molecule has 2 saturated heterocycles. The summed E-state index contributed by atoms with van der Waals surface area (Å²) < 4.78 is 18.0. The molecule has 0 radical (unpaired) electrons. The monoisotopic (exact) mass is 557 g/mol. The number of ether oxygens (including phenoxy) is 1. The fourth-order valence-electron chi connectivity index (χ4n) is 4.04. The summed E-state index contributed by atoms with van der Waals surface area (Å²) in [6, 6.07) is 12.9. The van der Waals surface area contributed by atoms with Crippen LogP contribution in [-0.4, -0.2) is 66.0 Å². The van der Waals surface area contributed by atoms with Crippen LogP contribution in [0.2, 0.25) is 5.02 Å². The first kappa shape index (κ1) is 36.0. The molecule has 0 bridgehead atoms. The maximum atomic E-state index is 12.1. The lowest BCUT2D eigenvalue weighted by Crippen LogP contribution is -2.33. The zero-order valence-electron chi connectivity index (χ0n) is 22.9. The molecule has 2 aliphatic heterocycles. The van der Waals surface area contributed by atoms with Gasteiger partial charge in [0.2, 0.25) is 0 Å². The summed E-state index contributed by atoms with van der Waals surface area (Å²) in [5.74, 6) is 0.156. The van der Waals surface area contributed by atoms with E-state index in [4.69, 9.17) is 26.6 Å². The highest BCUT2D eigenvalue weighted by Crippen LogP contribution is 2.33. The Morgan fingerprint density at radius 2 is 1.76 bits per heavy atom. The number of hydrogen-bond donors (Lipinski definition) is 5. The van der Waals surface area contributed by atoms with Crippen molar-refractivity contribution in [1.82, 2.24) is 5.32 Å². The molecule has 2 aromatic carbocycles. The van der Waals surface area contributed by atoms with Crippen molar-refractivity contribution in [2.45, 2.75) is 70.3 Å². The van der Waals surface area contributed by atoms with Crippen molar-refractivity contribution in [2.75, 3.05) is 27.4 Å². The normalized spacial score (nSPS) is 21.5. The third-order valence-electron chi connectivity index (χ3n) is 5.81. The van der Waals surface area contributed by atoms with Crippen LogP contribution in [0.4, 0.5) is 4.53 Å². The lowest BCUT2D eigenvalue weighted by molar-refractivity contribution is -0.113. The van der Waals surface area contributed by atoms with Gasteiger partial charge in [-0.15, -0.1) is 6.58 Å². The third kappa shape index (κ3) is 12.7. The second-order valence-corrected chi connectivity index (χ2v) is 8.65. The van der Waals surface area contributed by atoms with E-state index in [0.717, 1.165) is 30.9 Å². The summed E-state index contributed by atoms with van der Waals surface area (Å²) in [7, 11) is 2.00. The van der Waals surface area contributed by atoms with Crippen LogP contribution in [-0.2, 0) is 11.2 Å². The predicted octanol–water partition coefficient (Wildman–Crippen LogP) is 4.94. The maximum Gasteiger partial charge on any atom is 0.171 e. The zero-order chi connectivity index (χ0) is 28.9. The smallest absolute Gasteiger partial charge is 0.171 e. The number of nitrogens with one attached hydrogen (secondary N) is 1. The van der Waals surface area contributed by atoms with Crippen molar-refractivity contribution >= 4 is 11.6 Å². The van der Waals surface area contributed by atoms with E-state index in [0.29, 0.717) is 30.3 Å². The molecule has 0 saturated carbocycles. The molecule has 4 rings (SSSR count). The van der Waals surface area contributed by atoms with Crippen LogP contribution in [0.15, 0.2) is 55.1 Å². The Labute approximate surface area is 231 Å². The molecule has 9 heteroatoms. The summed E-state index contributed by atoms with van der Waals surface area (Å²) in [5, 5.41) is 37.2. The summed E-state index contributed by atoms with van der Waals surface area (Å²) >= 11 is 6.31. The quantitative estimate of drug-likeness (QED) is 0.320. The van der Waals surface area contributed by atoms with Crippen LogP contribution in [0.3, 0.4) is 0 Å². The average molecular weight is 558 g/mol. The van der Waals surface area contributed by atoms with E-state index in [-0.39, 0.29) is 24.6 Å². The molecule has 5 N–H and O–H groups in total. The highest BCUT2D eigenvalue weighted by molar-refractivity contribution is 6.31. The fraction of sp³-hybridized carbons (Fsp3) is 0.517. The van der Waals surface area contributed by atoms with Crippen LogP contribution in [0.1, 0.15) is 62.3 Å². The van der Waals surface area contributed by atoms with E-state index in [1.807, 2.05) is 38.1 Å². The third-order valence-corrected chi connectivity index (χ3v) is 6.18. The molecular formula is C29H45ClFNO6. The molecule has 2 heterocycles. The van der Waals surface area contributed by atoms with E-state index in [9.17, 15) is 14.7 Å². The molecule has 0 aliphatic carbocycles. The molecule has 4 atom stereocenters. The highest BCUT2D eigenvalue weighted by atomic mass is 35.5. The van der Waals surface area contributed by atoms with Gasteiger partial charge in [-0.3, -0.25) is 4.94 Å². The number of hydrogen-bond acceptors (Lipinski definition) is 7. The number of halogens is 2. The molecule has 7 nitrogen and oxygen atoms in total. The molecule has 38 heavy (non-hydrogen) atoms. The minimum atomic E-state index is -0.497. The molecule has 2 aliphatic rings. The van der Waals surface area contributed by atoms with Crippen molar-refractivity contribution in [3.05, 3.63) is 76.8 Å².